The molecule has 1 aliphatic carbocycles. The second-order valence-corrected chi connectivity index (χ2v) is 12.8. The summed E-state index contributed by atoms with van der Waals surface area (Å²) < 4.78 is 15.0. The van der Waals surface area contributed by atoms with Gasteiger partial charge in [0.25, 0.3) is 0 Å². The van der Waals surface area contributed by atoms with Crippen LogP contribution in [-0.2, 0) is 17.4 Å². The van der Waals surface area contributed by atoms with Crippen molar-refractivity contribution >= 4 is 45.2 Å². The SMILES string of the molecule is C#Cc1ccc2c(c1)CC1(CCN(c3ncc(I)c4nccn34)CC1)[C@@H]2CC(C)(C)S(N)=O. The molecule has 0 radical (unpaired) electrons. The van der Waals surface area contributed by atoms with Crippen LogP contribution in [0.4, 0.5) is 5.95 Å². The number of piperidine rings is 1. The summed E-state index contributed by atoms with van der Waals surface area (Å²) in [4.78, 5) is 11.6. The van der Waals surface area contributed by atoms with Crippen molar-refractivity contribution in [3.8, 4) is 12.3 Å². The van der Waals surface area contributed by atoms with Crippen molar-refractivity contribution in [2.24, 2.45) is 10.6 Å². The largest absolute Gasteiger partial charge is 0.342 e. The standard InChI is InChI=1S/C25H28IN5OS/c1-4-17-5-6-19-18(13-17)14-25(20(19)15-24(2,3)33(27)32)7-10-30(11-8-25)23-29-16-21(26)22-28-9-12-31(22)23/h1,5-6,9,12-13,16,20H,7-8,10-11,14-15,27H2,2-3H3/t20-,33?/m1/s1. The summed E-state index contributed by atoms with van der Waals surface area (Å²) in [5.41, 5.74) is 4.67. The van der Waals surface area contributed by atoms with Crippen LogP contribution in [0.3, 0.4) is 0 Å². The number of hydrogen-bond donors (Lipinski definition) is 1. The monoisotopic (exact) mass is 573 g/mol. The molecule has 2 atom stereocenters. The Hall–Kier alpha value is -1.96. The van der Waals surface area contributed by atoms with Crippen molar-refractivity contribution < 1.29 is 4.21 Å². The second-order valence-electron chi connectivity index (χ2n) is 9.92. The predicted molar refractivity (Wildman–Crippen MR) is 141 cm³/mol. The number of rotatable bonds is 4. The molecule has 0 amide bonds. The summed E-state index contributed by atoms with van der Waals surface area (Å²) in [6.07, 6.45) is 15.3. The minimum atomic E-state index is -1.39. The van der Waals surface area contributed by atoms with Crippen LogP contribution in [0.1, 0.15) is 55.7 Å². The quantitative estimate of drug-likeness (QED) is 0.378. The molecule has 2 aromatic heterocycles. The Balaban J connectivity index is 1.47. The van der Waals surface area contributed by atoms with Crippen LogP contribution in [0.15, 0.2) is 36.8 Å². The predicted octanol–water partition coefficient (Wildman–Crippen LogP) is 4.03. The van der Waals surface area contributed by atoms with Gasteiger partial charge >= 0.3 is 0 Å². The Morgan fingerprint density at radius 2 is 2.09 bits per heavy atom. The molecular formula is C25H28IN5OS. The van der Waals surface area contributed by atoms with Crippen LogP contribution in [0, 0.1) is 21.3 Å². The highest BCUT2D eigenvalue weighted by Gasteiger charge is 2.49. The summed E-state index contributed by atoms with van der Waals surface area (Å²) >= 11 is 2.28. The number of imidazole rings is 1. The Kier molecular flexibility index (Phi) is 5.78. The molecule has 0 saturated carbocycles. The first-order valence-electron chi connectivity index (χ1n) is 11.2. The zero-order valence-corrected chi connectivity index (χ0v) is 21.9. The number of aromatic nitrogens is 3. The third-order valence-corrected chi connectivity index (χ3v) is 9.63. The number of nitrogens with zero attached hydrogens (tertiary/aromatic N) is 4. The van der Waals surface area contributed by atoms with Crippen molar-refractivity contribution in [2.45, 2.75) is 50.2 Å². The molecule has 1 fully saturated rings. The van der Waals surface area contributed by atoms with Crippen LogP contribution in [0.25, 0.3) is 5.65 Å². The minimum absolute atomic E-state index is 0.111. The highest BCUT2D eigenvalue weighted by Crippen LogP contribution is 2.56. The van der Waals surface area contributed by atoms with Crippen LogP contribution in [0.2, 0.25) is 0 Å². The molecule has 1 saturated heterocycles. The Labute approximate surface area is 211 Å². The number of benzene rings is 1. The zero-order chi connectivity index (χ0) is 23.4. The molecule has 0 bridgehead atoms. The van der Waals surface area contributed by atoms with E-state index in [1.807, 2.05) is 38.5 Å². The lowest BCUT2D eigenvalue weighted by molar-refractivity contribution is 0.170. The number of halogens is 1. The number of terminal acetylenes is 1. The van der Waals surface area contributed by atoms with Gasteiger partial charge in [-0.2, -0.15) is 0 Å². The van der Waals surface area contributed by atoms with Crippen molar-refractivity contribution in [1.29, 1.82) is 0 Å². The highest BCUT2D eigenvalue weighted by atomic mass is 127. The number of nitrogens with two attached hydrogens (primary N) is 1. The van der Waals surface area contributed by atoms with Gasteiger partial charge in [-0.15, -0.1) is 6.42 Å². The van der Waals surface area contributed by atoms with Gasteiger partial charge in [0.15, 0.2) is 5.65 Å². The molecule has 8 heteroatoms. The van der Waals surface area contributed by atoms with E-state index in [9.17, 15) is 4.21 Å². The lowest BCUT2D eigenvalue weighted by atomic mass is 9.67. The first-order chi connectivity index (χ1) is 15.7. The van der Waals surface area contributed by atoms with E-state index in [-0.39, 0.29) is 5.41 Å². The van der Waals surface area contributed by atoms with Gasteiger partial charge in [0, 0.05) is 37.2 Å². The van der Waals surface area contributed by atoms with Gasteiger partial charge in [-0.3, -0.25) is 9.54 Å². The highest BCUT2D eigenvalue weighted by molar-refractivity contribution is 14.1. The third kappa shape index (κ3) is 3.88. The molecule has 6 nitrogen and oxygen atoms in total. The van der Waals surface area contributed by atoms with E-state index in [1.54, 1.807) is 0 Å². The molecule has 1 aromatic carbocycles. The lowest BCUT2D eigenvalue weighted by Gasteiger charge is -2.45. The normalized spacial score (nSPS) is 20.7. The zero-order valence-electron chi connectivity index (χ0n) is 18.9. The molecule has 5 rings (SSSR count). The van der Waals surface area contributed by atoms with E-state index in [4.69, 9.17) is 16.5 Å². The fraction of sp³-hybridized carbons (Fsp3) is 0.440. The first kappa shape index (κ1) is 22.8. The van der Waals surface area contributed by atoms with Crippen LogP contribution in [-0.4, -0.2) is 36.4 Å². The van der Waals surface area contributed by atoms with E-state index in [0.717, 1.165) is 59.5 Å². The van der Waals surface area contributed by atoms with E-state index < -0.39 is 15.7 Å². The van der Waals surface area contributed by atoms with Crippen molar-refractivity contribution in [2.75, 3.05) is 18.0 Å². The maximum Gasteiger partial charge on any atom is 0.211 e. The fourth-order valence-corrected chi connectivity index (χ4v) is 6.58. The van der Waals surface area contributed by atoms with Gasteiger partial charge in [0.05, 0.1) is 19.3 Å². The van der Waals surface area contributed by atoms with Gasteiger partial charge in [0.2, 0.25) is 5.95 Å². The Bertz CT molecular complexity index is 1290. The van der Waals surface area contributed by atoms with Crippen molar-refractivity contribution in [1.82, 2.24) is 14.4 Å². The Morgan fingerprint density at radius 3 is 2.79 bits per heavy atom. The number of hydrogen-bond acceptors (Lipinski definition) is 4. The average molecular weight is 574 g/mol. The van der Waals surface area contributed by atoms with Crippen LogP contribution in [0.5, 0.6) is 0 Å². The third-order valence-electron chi connectivity index (χ3n) is 7.61. The lowest BCUT2D eigenvalue weighted by Crippen LogP contribution is -2.45. The molecule has 1 aliphatic heterocycles. The summed E-state index contributed by atoms with van der Waals surface area (Å²) in [7, 11) is -1.39. The second kappa shape index (κ2) is 8.36. The van der Waals surface area contributed by atoms with E-state index in [2.05, 4.69) is 54.9 Å². The van der Waals surface area contributed by atoms with Gasteiger partial charge in [-0.1, -0.05) is 12.0 Å². The average Bonchev–Trinajstić information content (AvgIpc) is 3.39. The van der Waals surface area contributed by atoms with Crippen molar-refractivity contribution in [3.63, 3.8) is 0 Å². The maximum absolute atomic E-state index is 12.3. The number of fused-ring (bicyclic) bond motifs is 2. The fourth-order valence-electron chi connectivity index (χ4n) is 5.71. The molecule has 2 aliphatic rings. The maximum atomic E-state index is 12.3. The molecule has 1 spiro atoms. The summed E-state index contributed by atoms with van der Waals surface area (Å²) in [6.45, 7) is 5.87. The molecule has 3 aromatic rings. The van der Waals surface area contributed by atoms with Crippen molar-refractivity contribution in [3.05, 3.63) is 57.1 Å². The molecule has 1 unspecified atom stereocenters. The summed E-state index contributed by atoms with van der Waals surface area (Å²) in [5, 5.41) is 5.90. The van der Waals surface area contributed by atoms with Crippen LogP contribution < -0.4 is 10.0 Å². The molecular weight excluding hydrogens is 545 g/mol. The molecule has 2 N–H and O–H groups in total. The van der Waals surface area contributed by atoms with Gasteiger partial charge < -0.3 is 4.90 Å². The van der Waals surface area contributed by atoms with Gasteiger partial charge in [-0.05, 0) is 96.7 Å². The minimum Gasteiger partial charge on any atom is -0.342 e. The summed E-state index contributed by atoms with van der Waals surface area (Å²) in [5.74, 6) is 4.04. The van der Waals surface area contributed by atoms with Gasteiger partial charge in [0.1, 0.15) is 0 Å². The van der Waals surface area contributed by atoms with Gasteiger partial charge in [-0.25, -0.2) is 14.2 Å². The smallest absolute Gasteiger partial charge is 0.211 e. The van der Waals surface area contributed by atoms with E-state index >= 15 is 0 Å². The van der Waals surface area contributed by atoms with Crippen LogP contribution >= 0.6 is 22.6 Å². The number of anilines is 1. The first-order valence-corrected chi connectivity index (χ1v) is 13.5. The topological polar surface area (TPSA) is 76.5 Å². The molecule has 33 heavy (non-hydrogen) atoms. The molecule has 172 valence electrons. The summed E-state index contributed by atoms with van der Waals surface area (Å²) in [6, 6.07) is 6.41. The molecule has 3 heterocycles. The van der Waals surface area contributed by atoms with E-state index in [1.165, 1.54) is 11.1 Å². The Morgan fingerprint density at radius 1 is 1.33 bits per heavy atom. The van der Waals surface area contributed by atoms with E-state index in [0.29, 0.717) is 5.92 Å².